The van der Waals surface area contributed by atoms with Gasteiger partial charge in [-0.15, -0.1) is 0 Å². The maximum absolute atomic E-state index is 4.33. The van der Waals surface area contributed by atoms with Crippen LogP contribution >= 0.6 is 0 Å². The quantitative estimate of drug-likeness (QED) is 0.661. The van der Waals surface area contributed by atoms with E-state index in [0.29, 0.717) is 0 Å². The van der Waals surface area contributed by atoms with Crippen molar-refractivity contribution in [1.82, 2.24) is 4.98 Å². The van der Waals surface area contributed by atoms with Gasteiger partial charge in [-0.1, -0.05) is 45.0 Å². The van der Waals surface area contributed by atoms with Crippen molar-refractivity contribution in [1.29, 1.82) is 0 Å². The van der Waals surface area contributed by atoms with Crippen molar-refractivity contribution in [3.8, 4) is 0 Å². The minimum Gasteiger partial charge on any atom is -0.261 e. The fourth-order valence-electron chi connectivity index (χ4n) is 1.32. The number of aryl methyl sites for hydroxylation is 1. The second-order valence-corrected chi connectivity index (χ2v) is 2.88. The lowest BCUT2D eigenvalue weighted by molar-refractivity contribution is 1.05. The van der Waals surface area contributed by atoms with E-state index in [1.54, 1.807) is 0 Å². The van der Waals surface area contributed by atoms with Crippen LogP contribution in [0.3, 0.4) is 0 Å². The fraction of sp³-hybridized carbons (Fsp3) is 0.308. The van der Waals surface area contributed by atoms with E-state index >= 15 is 0 Å². The van der Waals surface area contributed by atoms with Crippen LogP contribution in [0.15, 0.2) is 36.5 Å². The molecule has 0 unspecified atom stereocenters. The highest BCUT2D eigenvalue weighted by atomic mass is 14.7. The zero-order valence-corrected chi connectivity index (χ0v) is 9.12. The molecule has 0 saturated heterocycles. The van der Waals surface area contributed by atoms with Gasteiger partial charge in [-0.3, -0.25) is 4.98 Å². The number of rotatable bonds is 1. The normalized spacial score (nSPS) is 9.36. The Balaban J connectivity index is 0.000000461. The molecule has 2 aromatic rings. The second-order valence-electron chi connectivity index (χ2n) is 2.88. The molecular weight excluding hydrogens is 170 g/mol. The first-order valence-corrected chi connectivity index (χ1v) is 5.24. The van der Waals surface area contributed by atoms with Crippen LogP contribution in [0.2, 0.25) is 0 Å². The molecule has 0 aliphatic carbocycles. The maximum atomic E-state index is 4.33. The van der Waals surface area contributed by atoms with Gasteiger partial charge in [0.25, 0.3) is 0 Å². The number of nitrogens with zero attached hydrogens (tertiary/aromatic N) is 1. The summed E-state index contributed by atoms with van der Waals surface area (Å²) in [6, 6.07) is 10.4. The number of hydrogen-bond donors (Lipinski definition) is 0. The average molecular weight is 187 g/mol. The summed E-state index contributed by atoms with van der Waals surface area (Å²) in [4.78, 5) is 4.33. The molecule has 1 aromatic carbocycles. The van der Waals surface area contributed by atoms with Crippen LogP contribution in [-0.4, -0.2) is 4.98 Å². The molecule has 2 rings (SSSR count). The van der Waals surface area contributed by atoms with Crippen LogP contribution in [0, 0.1) is 0 Å². The monoisotopic (exact) mass is 187 g/mol. The Morgan fingerprint density at radius 3 is 2.36 bits per heavy atom. The number of fused-ring (bicyclic) bond motifs is 1. The molecule has 0 atom stereocenters. The van der Waals surface area contributed by atoms with Gasteiger partial charge in [-0.05, 0) is 17.9 Å². The summed E-state index contributed by atoms with van der Waals surface area (Å²) in [6.07, 6.45) is 2.94. The number of hydrogen-bond acceptors (Lipinski definition) is 1. The third kappa shape index (κ3) is 2.32. The number of benzene rings is 1. The molecule has 0 spiro atoms. The molecule has 0 amide bonds. The molecule has 0 aliphatic rings. The van der Waals surface area contributed by atoms with Crippen LogP contribution in [-0.2, 0) is 6.42 Å². The van der Waals surface area contributed by atoms with Gasteiger partial charge < -0.3 is 0 Å². The van der Waals surface area contributed by atoms with E-state index in [9.17, 15) is 0 Å². The first-order chi connectivity index (χ1) is 6.90. The van der Waals surface area contributed by atoms with Crippen molar-refractivity contribution >= 4 is 10.8 Å². The standard InChI is InChI=1S/C11H11N.C2H6/c1-2-11-7-9-5-3-4-6-10(9)8-12-11;1-2/h3-8H,2H2,1H3;1-2H3. The van der Waals surface area contributed by atoms with Gasteiger partial charge >= 0.3 is 0 Å². The lowest BCUT2D eigenvalue weighted by Gasteiger charge is -1.98. The van der Waals surface area contributed by atoms with Crippen molar-refractivity contribution in [2.24, 2.45) is 0 Å². The summed E-state index contributed by atoms with van der Waals surface area (Å²) in [5, 5.41) is 2.50. The summed E-state index contributed by atoms with van der Waals surface area (Å²) in [6.45, 7) is 6.12. The predicted molar refractivity (Wildman–Crippen MR) is 62.5 cm³/mol. The molecule has 0 fully saturated rings. The molecule has 0 radical (unpaired) electrons. The van der Waals surface area contributed by atoms with Gasteiger partial charge in [0.05, 0.1) is 0 Å². The van der Waals surface area contributed by atoms with Gasteiger partial charge in [0.15, 0.2) is 0 Å². The predicted octanol–water partition coefficient (Wildman–Crippen LogP) is 3.82. The van der Waals surface area contributed by atoms with Crippen molar-refractivity contribution in [2.75, 3.05) is 0 Å². The van der Waals surface area contributed by atoms with Crippen LogP contribution in [0.5, 0.6) is 0 Å². The van der Waals surface area contributed by atoms with Crippen molar-refractivity contribution in [3.05, 3.63) is 42.2 Å². The summed E-state index contributed by atoms with van der Waals surface area (Å²) in [5.41, 5.74) is 1.16. The van der Waals surface area contributed by atoms with E-state index in [-0.39, 0.29) is 0 Å². The lowest BCUT2D eigenvalue weighted by Crippen LogP contribution is -1.85. The molecule has 0 aliphatic heterocycles. The SMILES string of the molecule is CC.CCc1cc2ccccc2cn1. The fourth-order valence-corrected chi connectivity index (χ4v) is 1.32. The maximum Gasteiger partial charge on any atom is 0.0407 e. The smallest absolute Gasteiger partial charge is 0.0407 e. The van der Waals surface area contributed by atoms with E-state index in [1.165, 1.54) is 10.8 Å². The van der Waals surface area contributed by atoms with Gasteiger partial charge in [-0.25, -0.2) is 0 Å². The van der Waals surface area contributed by atoms with Gasteiger partial charge in [0.1, 0.15) is 0 Å². The Bertz CT molecular complexity index is 393. The average Bonchev–Trinajstić information content (AvgIpc) is 2.31. The topological polar surface area (TPSA) is 12.9 Å². The van der Waals surface area contributed by atoms with E-state index in [4.69, 9.17) is 0 Å². The van der Waals surface area contributed by atoms with Crippen molar-refractivity contribution in [3.63, 3.8) is 0 Å². The summed E-state index contributed by atoms with van der Waals surface area (Å²) < 4.78 is 0. The molecule has 74 valence electrons. The summed E-state index contributed by atoms with van der Waals surface area (Å²) >= 11 is 0. The minimum absolute atomic E-state index is 1.00. The number of aromatic nitrogens is 1. The molecule has 0 bridgehead atoms. The van der Waals surface area contributed by atoms with Crippen molar-refractivity contribution in [2.45, 2.75) is 27.2 Å². The Morgan fingerprint density at radius 2 is 1.71 bits per heavy atom. The Labute approximate surface area is 85.8 Å². The first-order valence-electron chi connectivity index (χ1n) is 5.24. The van der Waals surface area contributed by atoms with Gasteiger partial charge in [0.2, 0.25) is 0 Å². The van der Waals surface area contributed by atoms with Gasteiger partial charge in [-0.2, -0.15) is 0 Å². The number of pyridine rings is 1. The summed E-state index contributed by atoms with van der Waals surface area (Å²) in [5.74, 6) is 0. The third-order valence-electron chi connectivity index (χ3n) is 2.05. The van der Waals surface area contributed by atoms with E-state index < -0.39 is 0 Å². The molecule has 0 N–H and O–H groups in total. The summed E-state index contributed by atoms with van der Waals surface area (Å²) in [7, 11) is 0. The van der Waals surface area contributed by atoms with E-state index in [0.717, 1.165) is 12.1 Å². The van der Waals surface area contributed by atoms with Gasteiger partial charge in [0, 0.05) is 17.3 Å². The molecular formula is C13H17N. The second kappa shape index (κ2) is 5.38. The zero-order chi connectivity index (χ0) is 10.4. The third-order valence-corrected chi connectivity index (χ3v) is 2.05. The lowest BCUT2D eigenvalue weighted by atomic mass is 10.1. The van der Waals surface area contributed by atoms with E-state index in [1.807, 2.05) is 26.1 Å². The largest absolute Gasteiger partial charge is 0.261 e. The Hall–Kier alpha value is -1.37. The van der Waals surface area contributed by atoms with Crippen LogP contribution in [0.25, 0.3) is 10.8 Å². The van der Waals surface area contributed by atoms with Crippen LogP contribution in [0.1, 0.15) is 26.5 Å². The Kier molecular flexibility index (Phi) is 4.11. The molecule has 1 heteroatoms. The minimum atomic E-state index is 1.00. The van der Waals surface area contributed by atoms with E-state index in [2.05, 4.69) is 36.2 Å². The Morgan fingerprint density at radius 1 is 1.07 bits per heavy atom. The van der Waals surface area contributed by atoms with Crippen LogP contribution < -0.4 is 0 Å². The molecule has 0 saturated carbocycles. The molecule has 14 heavy (non-hydrogen) atoms. The molecule has 1 aromatic heterocycles. The molecule has 1 nitrogen and oxygen atoms in total. The highest BCUT2D eigenvalue weighted by Gasteiger charge is 1.93. The zero-order valence-electron chi connectivity index (χ0n) is 9.12. The molecule has 1 heterocycles. The highest BCUT2D eigenvalue weighted by molar-refractivity contribution is 5.81. The first kappa shape index (κ1) is 10.7. The van der Waals surface area contributed by atoms with Crippen LogP contribution in [0.4, 0.5) is 0 Å². The van der Waals surface area contributed by atoms with Crippen molar-refractivity contribution < 1.29 is 0 Å². The highest BCUT2D eigenvalue weighted by Crippen LogP contribution is 2.13.